The van der Waals surface area contributed by atoms with E-state index in [0.29, 0.717) is 11.3 Å². The highest BCUT2D eigenvalue weighted by Crippen LogP contribution is 2.24. The molecule has 39 heavy (non-hydrogen) atoms. The van der Waals surface area contributed by atoms with Gasteiger partial charge in [-0.15, -0.1) is 0 Å². The first kappa shape index (κ1) is 29.8. The van der Waals surface area contributed by atoms with Crippen LogP contribution in [-0.4, -0.2) is 49.5 Å². The van der Waals surface area contributed by atoms with Crippen molar-refractivity contribution in [3.05, 3.63) is 101 Å². The van der Waals surface area contributed by atoms with Gasteiger partial charge in [-0.25, -0.2) is 12.8 Å². The molecule has 3 rings (SSSR count). The Hall–Kier alpha value is -3.72. The van der Waals surface area contributed by atoms with Gasteiger partial charge >= 0.3 is 0 Å². The van der Waals surface area contributed by atoms with E-state index in [4.69, 9.17) is 0 Å². The van der Waals surface area contributed by atoms with E-state index in [0.717, 1.165) is 16.1 Å². The van der Waals surface area contributed by atoms with Crippen molar-refractivity contribution in [1.82, 2.24) is 10.2 Å². The van der Waals surface area contributed by atoms with Crippen LogP contribution in [0.25, 0.3) is 0 Å². The van der Waals surface area contributed by atoms with Crippen LogP contribution in [0, 0.1) is 12.7 Å². The molecule has 3 aromatic rings. The molecule has 9 heteroatoms. The quantitative estimate of drug-likeness (QED) is 0.402. The lowest BCUT2D eigenvalue weighted by Crippen LogP contribution is -2.56. The second-order valence-electron chi connectivity index (χ2n) is 10.6. The van der Waals surface area contributed by atoms with Crippen molar-refractivity contribution in [1.29, 1.82) is 0 Å². The van der Waals surface area contributed by atoms with E-state index in [1.165, 1.54) is 11.0 Å². The Bertz CT molecular complexity index is 1400. The fourth-order valence-electron chi connectivity index (χ4n) is 4.26. The summed E-state index contributed by atoms with van der Waals surface area (Å²) in [6.45, 7) is 6.48. The van der Waals surface area contributed by atoms with E-state index in [9.17, 15) is 22.4 Å². The zero-order valence-corrected chi connectivity index (χ0v) is 23.8. The lowest BCUT2D eigenvalue weighted by atomic mass is 10.0. The van der Waals surface area contributed by atoms with E-state index in [-0.39, 0.29) is 18.5 Å². The molecule has 7 nitrogen and oxygen atoms in total. The minimum Gasteiger partial charge on any atom is -0.350 e. The average molecular weight is 554 g/mol. The summed E-state index contributed by atoms with van der Waals surface area (Å²) in [6.07, 6.45) is 1.19. The number of sulfonamides is 1. The van der Waals surface area contributed by atoms with Crippen molar-refractivity contribution >= 4 is 27.5 Å². The van der Waals surface area contributed by atoms with Crippen molar-refractivity contribution in [3.63, 3.8) is 0 Å². The molecule has 0 bridgehead atoms. The molecule has 0 aromatic heterocycles. The van der Waals surface area contributed by atoms with Gasteiger partial charge in [0.2, 0.25) is 21.8 Å². The lowest BCUT2D eigenvalue weighted by Gasteiger charge is -2.35. The molecular formula is C30H36FN3O4S. The minimum atomic E-state index is -3.87. The number of nitrogens with one attached hydrogen (secondary N) is 1. The predicted octanol–water partition coefficient (Wildman–Crippen LogP) is 4.45. The average Bonchev–Trinajstić information content (AvgIpc) is 2.85. The number of para-hydroxylation sites is 1. The summed E-state index contributed by atoms with van der Waals surface area (Å²) in [5.74, 6) is -1.57. The van der Waals surface area contributed by atoms with Gasteiger partial charge in [0, 0.05) is 24.1 Å². The number of nitrogens with zero attached hydrogens (tertiary/aromatic N) is 2. The topological polar surface area (TPSA) is 86.8 Å². The standard InChI is InChI=1S/C30H36FN3O4S/c1-22-13-9-12-18-26(22)34(39(5,37)38)21-28(35)33(20-24-16-10-11-17-25(24)31)27(29(36)32-30(2,3)4)19-23-14-7-6-8-15-23/h6-18,27H,19-21H2,1-5H3,(H,32,36)/t27-/m0/s1. The van der Waals surface area contributed by atoms with E-state index in [2.05, 4.69) is 5.32 Å². The third-order valence-electron chi connectivity index (χ3n) is 6.13. The van der Waals surface area contributed by atoms with Gasteiger partial charge in [-0.3, -0.25) is 13.9 Å². The molecule has 0 aliphatic carbocycles. The van der Waals surface area contributed by atoms with E-state index >= 15 is 0 Å². The summed E-state index contributed by atoms with van der Waals surface area (Å²) in [5.41, 5.74) is 1.45. The number of benzene rings is 3. The molecule has 0 saturated heterocycles. The normalized spacial score (nSPS) is 12.5. The summed E-state index contributed by atoms with van der Waals surface area (Å²) >= 11 is 0. The van der Waals surface area contributed by atoms with Crippen molar-refractivity contribution in [3.8, 4) is 0 Å². The van der Waals surface area contributed by atoms with Crippen molar-refractivity contribution in [2.24, 2.45) is 0 Å². The van der Waals surface area contributed by atoms with Gasteiger partial charge in [0.25, 0.3) is 0 Å². The van der Waals surface area contributed by atoms with Gasteiger partial charge in [-0.1, -0.05) is 66.7 Å². The molecule has 0 saturated carbocycles. The van der Waals surface area contributed by atoms with Gasteiger partial charge in [-0.05, 0) is 51.0 Å². The number of hydrogen-bond donors (Lipinski definition) is 1. The first-order chi connectivity index (χ1) is 18.3. The maximum atomic E-state index is 14.8. The summed E-state index contributed by atoms with van der Waals surface area (Å²) in [7, 11) is -3.87. The van der Waals surface area contributed by atoms with Crippen LogP contribution in [0.2, 0.25) is 0 Å². The SMILES string of the molecule is Cc1ccccc1N(CC(=O)N(Cc1ccccc1F)[C@@H](Cc1ccccc1)C(=O)NC(C)(C)C)S(C)(=O)=O. The van der Waals surface area contributed by atoms with Crippen LogP contribution >= 0.6 is 0 Å². The number of carbonyl (C=O) groups excluding carboxylic acids is 2. The first-order valence-corrected chi connectivity index (χ1v) is 14.5. The number of hydrogen-bond acceptors (Lipinski definition) is 4. The zero-order chi connectivity index (χ0) is 28.8. The molecule has 2 amide bonds. The van der Waals surface area contributed by atoms with Gasteiger partial charge in [0.15, 0.2) is 0 Å². The maximum Gasteiger partial charge on any atom is 0.244 e. The zero-order valence-electron chi connectivity index (χ0n) is 23.0. The summed E-state index contributed by atoms with van der Waals surface area (Å²) in [5, 5.41) is 2.94. The molecular weight excluding hydrogens is 517 g/mol. The van der Waals surface area contributed by atoms with E-state index < -0.39 is 45.8 Å². The third-order valence-corrected chi connectivity index (χ3v) is 7.26. The Kier molecular flexibility index (Phi) is 9.50. The molecule has 0 heterocycles. The fraction of sp³-hybridized carbons (Fsp3) is 0.333. The highest BCUT2D eigenvalue weighted by atomic mass is 32.2. The van der Waals surface area contributed by atoms with Crippen LogP contribution in [0.4, 0.5) is 10.1 Å². The van der Waals surface area contributed by atoms with Crippen molar-refractivity contribution in [2.45, 2.75) is 52.2 Å². The number of anilines is 1. The number of halogens is 1. The van der Waals surface area contributed by atoms with E-state index in [1.807, 2.05) is 51.1 Å². The highest BCUT2D eigenvalue weighted by Gasteiger charge is 2.34. The Morgan fingerprint density at radius 2 is 1.51 bits per heavy atom. The van der Waals surface area contributed by atoms with Gasteiger partial charge < -0.3 is 10.2 Å². The van der Waals surface area contributed by atoms with Gasteiger partial charge in [0.1, 0.15) is 18.4 Å². The lowest BCUT2D eigenvalue weighted by molar-refractivity contribution is -0.140. The van der Waals surface area contributed by atoms with Gasteiger partial charge in [0.05, 0.1) is 11.9 Å². The fourth-order valence-corrected chi connectivity index (χ4v) is 5.16. The van der Waals surface area contributed by atoms with Crippen LogP contribution in [0.15, 0.2) is 78.9 Å². The molecule has 0 unspecified atom stereocenters. The second kappa shape index (κ2) is 12.4. The minimum absolute atomic E-state index is 0.159. The van der Waals surface area contributed by atoms with Crippen LogP contribution in [-0.2, 0) is 32.6 Å². The Morgan fingerprint density at radius 1 is 0.923 bits per heavy atom. The number of carbonyl (C=O) groups is 2. The van der Waals surface area contributed by atoms with Crippen LogP contribution in [0.3, 0.4) is 0 Å². The van der Waals surface area contributed by atoms with Crippen LogP contribution in [0.1, 0.15) is 37.5 Å². The molecule has 1 atom stereocenters. The molecule has 208 valence electrons. The van der Waals surface area contributed by atoms with Crippen LogP contribution < -0.4 is 9.62 Å². The van der Waals surface area contributed by atoms with Crippen molar-refractivity contribution < 1.29 is 22.4 Å². The molecule has 0 spiro atoms. The predicted molar refractivity (Wildman–Crippen MR) is 152 cm³/mol. The molecule has 1 N–H and O–H groups in total. The molecule has 3 aromatic carbocycles. The monoisotopic (exact) mass is 553 g/mol. The summed E-state index contributed by atoms with van der Waals surface area (Å²) in [4.78, 5) is 29.0. The summed E-state index contributed by atoms with van der Waals surface area (Å²) in [6, 6.07) is 21.1. The van der Waals surface area contributed by atoms with E-state index in [1.54, 1.807) is 49.4 Å². The third kappa shape index (κ3) is 8.38. The maximum absolute atomic E-state index is 14.8. The number of rotatable bonds is 10. The number of aryl methyl sites for hydroxylation is 1. The summed E-state index contributed by atoms with van der Waals surface area (Å²) < 4.78 is 41.5. The Morgan fingerprint density at radius 3 is 2.10 bits per heavy atom. The largest absolute Gasteiger partial charge is 0.350 e. The van der Waals surface area contributed by atoms with Crippen molar-refractivity contribution in [2.75, 3.05) is 17.1 Å². The molecule has 0 fully saturated rings. The molecule has 0 aliphatic rings. The second-order valence-corrected chi connectivity index (χ2v) is 12.5. The first-order valence-electron chi connectivity index (χ1n) is 12.7. The van der Waals surface area contributed by atoms with Crippen LogP contribution in [0.5, 0.6) is 0 Å². The van der Waals surface area contributed by atoms with Gasteiger partial charge in [-0.2, -0.15) is 0 Å². The number of amides is 2. The Balaban J connectivity index is 2.10. The highest BCUT2D eigenvalue weighted by molar-refractivity contribution is 7.92. The Labute approximate surface area is 230 Å². The molecule has 0 aliphatic heterocycles. The smallest absolute Gasteiger partial charge is 0.244 e. The molecule has 0 radical (unpaired) electrons.